The SMILES string of the molecule is O=C(CCc1cc(F)ccc1F)NCCN1C(=O)S/C(=C\c2ccc(F)cc2)C1=O. The van der Waals surface area contributed by atoms with Crippen molar-refractivity contribution in [1.82, 2.24) is 10.2 Å². The Bertz CT molecular complexity index is 1010. The van der Waals surface area contributed by atoms with Crippen molar-refractivity contribution in [1.29, 1.82) is 0 Å². The number of benzene rings is 2. The number of halogens is 3. The standard InChI is InChI=1S/C21H17F3N2O3S/c22-15-4-1-13(2-5-15)11-18-20(28)26(21(29)30-18)10-9-25-19(27)8-3-14-12-16(23)6-7-17(14)24/h1-2,4-7,11-12H,3,8-10H2,(H,25,27)/b18-11-. The summed E-state index contributed by atoms with van der Waals surface area (Å²) in [6, 6.07) is 8.52. The van der Waals surface area contributed by atoms with Crippen molar-refractivity contribution in [3.05, 3.63) is 75.9 Å². The van der Waals surface area contributed by atoms with Gasteiger partial charge in [0.25, 0.3) is 11.1 Å². The minimum absolute atomic E-state index is 0.0223. The molecule has 1 N–H and O–H groups in total. The van der Waals surface area contributed by atoms with E-state index in [-0.39, 0.29) is 36.4 Å². The van der Waals surface area contributed by atoms with Gasteiger partial charge in [0.1, 0.15) is 17.5 Å². The molecule has 156 valence electrons. The molecular weight excluding hydrogens is 417 g/mol. The van der Waals surface area contributed by atoms with Crippen molar-refractivity contribution >= 4 is 34.9 Å². The Morgan fingerprint density at radius 2 is 1.73 bits per heavy atom. The van der Waals surface area contributed by atoms with Crippen LogP contribution in [-0.4, -0.2) is 35.0 Å². The quantitative estimate of drug-likeness (QED) is 0.672. The Balaban J connectivity index is 1.49. The maximum Gasteiger partial charge on any atom is 0.293 e. The van der Waals surface area contributed by atoms with Gasteiger partial charge in [0.2, 0.25) is 5.91 Å². The molecule has 30 heavy (non-hydrogen) atoms. The number of nitrogens with one attached hydrogen (secondary N) is 1. The van der Waals surface area contributed by atoms with Gasteiger partial charge < -0.3 is 5.32 Å². The van der Waals surface area contributed by atoms with Crippen molar-refractivity contribution in [2.75, 3.05) is 13.1 Å². The first-order valence-electron chi connectivity index (χ1n) is 9.05. The van der Waals surface area contributed by atoms with Crippen LogP contribution < -0.4 is 5.32 Å². The number of thioether (sulfide) groups is 1. The molecule has 0 spiro atoms. The summed E-state index contributed by atoms with van der Waals surface area (Å²) in [6.07, 6.45) is 1.46. The van der Waals surface area contributed by atoms with Crippen LogP contribution in [0.4, 0.5) is 18.0 Å². The third kappa shape index (κ3) is 5.50. The zero-order valence-corrected chi connectivity index (χ0v) is 16.5. The molecule has 1 saturated heterocycles. The molecule has 0 aliphatic carbocycles. The molecule has 0 saturated carbocycles. The van der Waals surface area contributed by atoms with Crippen LogP contribution in [0.2, 0.25) is 0 Å². The van der Waals surface area contributed by atoms with Crippen LogP contribution >= 0.6 is 11.8 Å². The highest BCUT2D eigenvalue weighted by atomic mass is 32.2. The predicted molar refractivity (Wildman–Crippen MR) is 107 cm³/mol. The first-order valence-corrected chi connectivity index (χ1v) is 9.86. The van der Waals surface area contributed by atoms with E-state index in [1.54, 1.807) is 0 Å². The lowest BCUT2D eigenvalue weighted by Crippen LogP contribution is -2.37. The van der Waals surface area contributed by atoms with E-state index in [0.717, 1.165) is 34.9 Å². The molecule has 0 bridgehead atoms. The molecule has 3 amide bonds. The third-order valence-electron chi connectivity index (χ3n) is 4.33. The molecule has 1 aliphatic rings. The fourth-order valence-electron chi connectivity index (χ4n) is 2.78. The highest BCUT2D eigenvalue weighted by Gasteiger charge is 2.34. The van der Waals surface area contributed by atoms with E-state index in [1.165, 1.54) is 30.3 Å². The van der Waals surface area contributed by atoms with Gasteiger partial charge in [0, 0.05) is 19.5 Å². The Kier molecular flexibility index (Phi) is 6.94. The monoisotopic (exact) mass is 434 g/mol. The van der Waals surface area contributed by atoms with Crippen molar-refractivity contribution < 1.29 is 27.6 Å². The van der Waals surface area contributed by atoms with E-state index in [0.29, 0.717) is 5.56 Å². The van der Waals surface area contributed by atoms with E-state index >= 15 is 0 Å². The summed E-state index contributed by atoms with van der Waals surface area (Å²) in [7, 11) is 0. The molecule has 0 atom stereocenters. The summed E-state index contributed by atoms with van der Waals surface area (Å²) in [5, 5.41) is 2.09. The Labute approximate surface area is 174 Å². The topological polar surface area (TPSA) is 66.5 Å². The van der Waals surface area contributed by atoms with E-state index in [2.05, 4.69) is 5.32 Å². The Morgan fingerprint density at radius 3 is 2.47 bits per heavy atom. The zero-order valence-electron chi connectivity index (χ0n) is 15.7. The van der Waals surface area contributed by atoms with Crippen LogP contribution in [0.25, 0.3) is 6.08 Å². The van der Waals surface area contributed by atoms with Crippen LogP contribution in [0, 0.1) is 17.5 Å². The first kappa shape index (κ1) is 21.6. The number of carbonyl (C=O) groups is 3. The number of nitrogens with zero attached hydrogens (tertiary/aromatic N) is 1. The van der Waals surface area contributed by atoms with E-state index in [1.807, 2.05) is 0 Å². The fraction of sp³-hybridized carbons (Fsp3) is 0.190. The van der Waals surface area contributed by atoms with Gasteiger partial charge in [0.05, 0.1) is 4.91 Å². The predicted octanol–water partition coefficient (Wildman–Crippen LogP) is 3.89. The summed E-state index contributed by atoms with van der Waals surface area (Å²) in [4.78, 5) is 37.6. The third-order valence-corrected chi connectivity index (χ3v) is 5.24. The summed E-state index contributed by atoms with van der Waals surface area (Å²) in [5.74, 6) is -2.48. The molecule has 0 aromatic heterocycles. The highest BCUT2D eigenvalue weighted by molar-refractivity contribution is 8.18. The number of imide groups is 1. The molecule has 1 heterocycles. The van der Waals surface area contributed by atoms with E-state index < -0.39 is 34.5 Å². The van der Waals surface area contributed by atoms with Crippen molar-refractivity contribution in [2.24, 2.45) is 0 Å². The fourth-order valence-corrected chi connectivity index (χ4v) is 3.65. The maximum atomic E-state index is 13.6. The minimum Gasteiger partial charge on any atom is -0.354 e. The lowest BCUT2D eigenvalue weighted by atomic mass is 10.1. The van der Waals surface area contributed by atoms with Gasteiger partial charge in [-0.1, -0.05) is 12.1 Å². The van der Waals surface area contributed by atoms with Gasteiger partial charge in [-0.3, -0.25) is 19.3 Å². The normalized spacial score (nSPS) is 15.2. The summed E-state index contributed by atoms with van der Waals surface area (Å²) in [5.41, 5.74) is 0.682. The maximum absolute atomic E-state index is 13.6. The van der Waals surface area contributed by atoms with Crippen molar-refractivity contribution in [3.63, 3.8) is 0 Å². The Hall–Kier alpha value is -3.07. The van der Waals surface area contributed by atoms with Crippen LogP contribution in [0.15, 0.2) is 47.4 Å². The largest absolute Gasteiger partial charge is 0.354 e. The van der Waals surface area contributed by atoms with Crippen molar-refractivity contribution in [2.45, 2.75) is 12.8 Å². The smallest absolute Gasteiger partial charge is 0.293 e. The lowest BCUT2D eigenvalue weighted by Gasteiger charge is -2.13. The number of aryl methyl sites for hydroxylation is 1. The number of hydrogen-bond donors (Lipinski definition) is 1. The van der Waals surface area contributed by atoms with Gasteiger partial charge in [0.15, 0.2) is 0 Å². The second kappa shape index (κ2) is 9.62. The average molecular weight is 434 g/mol. The second-order valence-corrected chi connectivity index (χ2v) is 7.46. The van der Waals surface area contributed by atoms with Crippen LogP contribution in [-0.2, 0) is 16.0 Å². The lowest BCUT2D eigenvalue weighted by molar-refractivity contribution is -0.124. The van der Waals surface area contributed by atoms with Crippen molar-refractivity contribution in [3.8, 4) is 0 Å². The molecule has 0 unspecified atom stereocenters. The number of carbonyl (C=O) groups excluding carboxylic acids is 3. The van der Waals surface area contributed by atoms with E-state index in [4.69, 9.17) is 0 Å². The second-order valence-electron chi connectivity index (χ2n) is 6.47. The van der Waals surface area contributed by atoms with Gasteiger partial charge in [-0.15, -0.1) is 0 Å². The number of hydrogen-bond acceptors (Lipinski definition) is 4. The van der Waals surface area contributed by atoms with E-state index in [9.17, 15) is 27.6 Å². The van der Waals surface area contributed by atoms with Gasteiger partial charge in [-0.05, 0) is 65.7 Å². The summed E-state index contributed by atoms with van der Waals surface area (Å²) >= 11 is 0.765. The van der Waals surface area contributed by atoms with Gasteiger partial charge in [-0.25, -0.2) is 13.2 Å². The number of amides is 3. The molecule has 1 aliphatic heterocycles. The molecule has 2 aromatic rings. The van der Waals surface area contributed by atoms with Gasteiger partial charge in [-0.2, -0.15) is 0 Å². The molecule has 1 fully saturated rings. The van der Waals surface area contributed by atoms with Crippen LogP contribution in [0.3, 0.4) is 0 Å². The molecule has 3 rings (SSSR count). The molecule has 2 aromatic carbocycles. The zero-order chi connectivity index (χ0) is 21.7. The molecule has 5 nitrogen and oxygen atoms in total. The van der Waals surface area contributed by atoms with Crippen LogP contribution in [0.1, 0.15) is 17.5 Å². The minimum atomic E-state index is -0.588. The Morgan fingerprint density at radius 1 is 1.03 bits per heavy atom. The van der Waals surface area contributed by atoms with Gasteiger partial charge >= 0.3 is 0 Å². The first-order chi connectivity index (χ1) is 14.3. The number of rotatable bonds is 7. The summed E-state index contributed by atoms with van der Waals surface area (Å²) < 4.78 is 39.7. The van der Waals surface area contributed by atoms with Crippen LogP contribution in [0.5, 0.6) is 0 Å². The molecular formula is C21H17F3N2O3S. The molecule has 0 radical (unpaired) electrons. The summed E-state index contributed by atoms with van der Waals surface area (Å²) in [6.45, 7) is 0.0117. The highest BCUT2D eigenvalue weighted by Crippen LogP contribution is 2.31. The average Bonchev–Trinajstić information content (AvgIpc) is 2.97. The molecule has 9 heteroatoms.